The summed E-state index contributed by atoms with van der Waals surface area (Å²) in [7, 11) is 0. The van der Waals surface area contributed by atoms with E-state index in [0.717, 1.165) is 11.1 Å². The van der Waals surface area contributed by atoms with Crippen molar-refractivity contribution in [2.75, 3.05) is 0 Å². The van der Waals surface area contributed by atoms with Crippen molar-refractivity contribution in [1.82, 2.24) is 9.97 Å². The molecule has 4 heteroatoms. The maximum Gasteiger partial charge on any atom is 0.157 e. The number of hydrogen-bond acceptors (Lipinski definition) is 4. The molecule has 2 rings (SSSR count). The molecule has 2 aromatic rings. The van der Waals surface area contributed by atoms with E-state index < -0.39 is 6.10 Å². The summed E-state index contributed by atoms with van der Waals surface area (Å²) in [5.74, 6) is 0.638. The molecule has 1 aromatic carbocycles. The number of aromatic nitrogens is 2. The van der Waals surface area contributed by atoms with Crippen LogP contribution >= 0.6 is 0 Å². The second kappa shape index (κ2) is 4.93. The van der Waals surface area contributed by atoms with Gasteiger partial charge in [-0.25, -0.2) is 9.97 Å². The Labute approximate surface area is 99.6 Å². The number of hydrogen-bond donors (Lipinski definition) is 2. The van der Waals surface area contributed by atoms with E-state index in [1.54, 1.807) is 36.7 Å². The van der Waals surface area contributed by atoms with Crippen LogP contribution in [0.5, 0.6) is 5.75 Å². The van der Waals surface area contributed by atoms with Crippen LogP contribution in [0.1, 0.15) is 23.1 Å². The molecule has 0 aliphatic heterocycles. The van der Waals surface area contributed by atoms with Crippen LogP contribution in [0.15, 0.2) is 36.7 Å². The lowest BCUT2D eigenvalue weighted by molar-refractivity contribution is 0.168. The van der Waals surface area contributed by atoms with Gasteiger partial charge in [0, 0.05) is 18.8 Å². The number of nitrogens with zero attached hydrogens (tertiary/aromatic N) is 2. The molecule has 4 nitrogen and oxygen atoms in total. The van der Waals surface area contributed by atoms with Gasteiger partial charge in [-0.3, -0.25) is 0 Å². The molecule has 1 aromatic heterocycles. The van der Waals surface area contributed by atoms with Gasteiger partial charge in [-0.05, 0) is 30.2 Å². The second-order valence-corrected chi connectivity index (χ2v) is 4.00. The monoisotopic (exact) mass is 230 g/mol. The van der Waals surface area contributed by atoms with Gasteiger partial charge in [0.1, 0.15) is 11.9 Å². The standard InChI is InChI=1S/C13H14N2O2/c1-9-7-14-13(15-8-9)12(17)6-10-2-4-11(16)5-3-10/h2-5,7-8,12,16-17H,6H2,1H3. The smallest absolute Gasteiger partial charge is 0.157 e. The zero-order chi connectivity index (χ0) is 12.3. The van der Waals surface area contributed by atoms with Crippen LogP contribution in [0.4, 0.5) is 0 Å². The van der Waals surface area contributed by atoms with Crippen molar-refractivity contribution in [1.29, 1.82) is 0 Å². The van der Waals surface area contributed by atoms with Crippen molar-refractivity contribution in [2.45, 2.75) is 19.4 Å². The lowest BCUT2D eigenvalue weighted by Gasteiger charge is -2.09. The Hall–Kier alpha value is -1.94. The minimum Gasteiger partial charge on any atom is -0.508 e. The number of aryl methyl sites for hydroxylation is 1. The van der Waals surface area contributed by atoms with E-state index >= 15 is 0 Å². The van der Waals surface area contributed by atoms with E-state index in [4.69, 9.17) is 5.11 Å². The zero-order valence-electron chi connectivity index (χ0n) is 9.54. The summed E-state index contributed by atoms with van der Waals surface area (Å²) in [5.41, 5.74) is 1.89. The largest absolute Gasteiger partial charge is 0.508 e. The van der Waals surface area contributed by atoms with Crippen molar-refractivity contribution >= 4 is 0 Å². The normalized spacial score (nSPS) is 12.4. The van der Waals surface area contributed by atoms with Crippen LogP contribution in [0.2, 0.25) is 0 Å². The maximum absolute atomic E-state index is 9.95. The van der Waals surface area contributed by atoms with E-state index in [0.29, 0.717) is 12.2 Å². The molecule has 2 N–H and O–H groups in total. The molecule has 17 heavy (non-hydrogen) atoms. The van der Waals surface area contributed by atoms with Crippen molar-refractivity contribution < 1.29 is 10.2 Å². The van der Waals surface area contributed by atoms with Crippen LogP contribution in [0, 0.1) is 6.92 Å². The highest BCUT2D eigenvalue weighted by Crippen LogP contribution is 2.17. The molecule has 0 radical (unpaired) electrons. The van der Waals surface area contributed by atoms with E-state index in [9.17, 15) is 5.11 Å². The summed E-state index contributed by atoms with van der Waals surface area (Å²) < 4.78 is 0. The third-order valence-electron chi connectivity index (χ3n) is 2.46. The molecule has 0 fully saturated rings. The lowest BCUT2D eigenvalue weighted by atomic mass is 10.1. The fourth-order valence-corrected chi connectivity index (χ4v) is 1.52. The van der Waals surface area contributed by atoms with Crippen molar-refractivity contribution in [3.63, 3.8) is 0 Å². The number of rotatable bonds is 3. The van der Waals surface area contributed by atoms with Crippen molar-refractivity contribution in [3.05, 3.63) is 53.6 Å². The molecular weight excluding hydrogens is 216 g/mol. The fraction of sp³-hybridized carbons (Fsp3) is 0.231. The summed E-state index contributed by atoms with van der Waals surface area (Å²) >= 11 is 0. The van der Waals surface area contributed by atoms with Crippen molar-refractivity contribution in [3.8, 4) is 5.75 Å². The Morgan fingerprint density at radius 2 is 1.71 bits per heavy atom. The van der Waals surface area contributed by atoms with Gasteiger partial charge in [0.25, 0.3) is 0 Å². The molecule has 0 amide bonds. The molecule has 1 atom stereocenters. The fourth-order valence-electron chi connectivity index (χ4n) is 1.52. The minimum absolute atomic E-state index is 0.217. The second-order valence-electron chi connectivity index (χ2n) is 4.00. The predicted molar refractivity (Wildman–Crippen MR) is 63.5 cm³/mol. The van der Waals surface area contributed by atoms with Crippen molar-refractivity contribution in [2.24, 2.45) is 0 Å². The lowest BCUT2D eigenvalue weighted by Crippen LogP contribution is -2.06. The first-order valence-electron chi connectivity index (χ1n) is 5.39. The van der Waals surface area contributed by atoms with Crippen LogP contribution < -0.4 is 0 Å². The first kappa shape index (κ1) is 11.5. The van der Waals surface area contributed by atoms with E-state index in [2.05, 4.69) is 9.97 Å². The summed E-state index contributed by atoms with van der Waals surface area (Å²) in [5, 5.41) is 19.1. The van der Waals surface area contributed by atoms with Gasteiger partial charge >= 0.3 is 0 Å². The quantitative estimate of drug-likeness (QED) is 0.843. The Morgan fingerprint density at radius 1 is 1.12 bits per heavy atom. The first-order valence-corrected chi connectivity index (χ1v) is 5.39. The molecule has 0 bridgehead atoms. The number of benzene rings is 1. The van der Waals surface area contributed by atoms with Gasteiger partial charge < -0.3 is 10.2 Å². The average Bonchev–Trinajstić information content (AvgIpc) is 2.33. The first-order chi connectivity index (χ1) is 8.15. The molecule has 1 unspecified atom stereocenters. The summed E-state index contributed by atoms with van der Waals surface area (Å²) in [6.07, 6.45) is 3.08. The van der Waals surface area contributed by atoms with Gasteiger partial charge in [0.2, 0.25) is 0 Å². The van der Waals surface area contributed by atoms with E-state index in [-0.39, 0.29) is 5.75 Å². The third-order valence-corrected chi connectivity index (χ3v) is 2.46. The minimum atomic E-state index is -0.722. The zero-order valence-corrected chi connectivity index (χ0v) is 9.54. The molecule has 0 saturated carbocycles. The molecule has 88 valence electrons. The van der Waals surface area contributed by atoms with Crippen LogP contribution in [-0.4, -0.2) is 20.2 Å². The van der Waals surface area contributed by atoms with Gasteiger partial charge in [0.15, 0.2) is 5.82 Å². The number of phenolic OH excluding ortho intramolecular Hbond substituents is 1. The number of aromatic hydroxyl groups is 1. The van der Waals surface area contributed by atoms with E-state index in [1.807, 2.05) is 6.92 Å². The highest BCUT2D eigenvalue weighted by Gasteiger charge is 2.11. The van der Waals surface area contributed by atoms with Gasteiger partial charge in [0.05, 0.1) is 0 Å². The van der Waals surface area contributed by atoms with Crippen LogP contribution in [0.3, 0.4) is 0 Å². The van der Waals surface area contributed by atoms with Gasteiger partial charge in [-0.1, -0.05) is 12.1 Å². The molecular formula is C13H14N2O2. The van der Waals surface area contributed by atoms with Crippen LogP contribution in [0.25, 0.3) is 0 Å². The topological polar surface area (TPSA) is 66.2 Å². The van der Waals surface area contributed by atoms with E-state index in [1.165, 1.54) is 0 Å². The Balaban J connectivity index is 2.08. The summed E-state index contributed by atoms with van der Waals surface area (Å²) in [6.45, 7) is 1.90. The molecule has 0 aliphatic rings. The molecule has 0 saturated heterocycles. The molecule has 0 aliphatic carbocycles. The Bertz CT molecular complexity index is 480. The highest BCUT2D eigenvalue weighted by atomic mass is 16.3. The highest BCUT2D eigenvalue weighted by molar-refractivity contribution is 5.26. The third kappa shape index (κ3) is 3.01. The number of phenols is 1. The van der Waals surface area contributed by atoms with Gasteiger partial charge in [-0.2, -0.15) is 0 Å². The average molecular weight is 230 g/mol. The molecule has 1 heterocycles. The Kier molecular flexibility index (Phi) is 3.35. The molecule has 0 spiro atoms. The summed E-state index contributed by atoms with van der Waals surface area (Å²) in [4.78, 5) is 8.16. The van der Waals surface area contributed by atoms with Gasteiger partial charge in [-0.15, -0.1) is 0 Å². The number of aliphatic hydroxyl groups is 1. The van der Waals surface area contributed by atoms with Crippen LogP contribution in [-0.2, 0) is 6.42 Å². The SMILES string of the molecule is Cc1cnc(C(O)Cc2ccc(O)cc2)nc1. The maximum atomic E-state index is 9.95. The predicted octanol–water partition coefficient (Wildman–Crippen LogP) is 1.77. The summed E-state index contributed by atoms with van der Waals surface area (Å²) in [6, 6.07) is 6.73. The number of aliphatic hydroxyl groups excluding tert-OH is 1. The Morgan fingerprint density at radius 3 is 2.29 bits per heavy atom.